The number of allylic oxidation sites excluding steroid dienone is 1. The molecular weight excluding hydrogens is 310 g/mol. The van der Waals surface area contributed by atoms with Crippen LogP contribution in [0.1, 0.15) is 40.9 Å². The highest BCUT2D eigenvalue weighted by atomic mass is 16.5. The molecule has 0 unspecified atom stereocenters. The molecule has 128 valence electrons. The fourth-order valence-electron chi connectivity index (χ4n) is 4.03. The van der Waals surface area contributed by atoms with Crippen molar-refractivity contribution in [1.82, 2.24) is 0 Å². The van der Waals surface area contributed by atoms with E-state index >= 15 is 0 Å². The Morgan fingerprint density at radius 2 is 1.92 bits per heavy atom. The van der Waals surface area contributed by atoms with E-state index in [9.17, 15) is 4.79 Å². The molecule has 0 radical (unpaired) electrons. The van der Waals surface area contributed by atoms with E-state index in [-0.39, 0.29) is 5.78 Å². The number of nitrogens with zero attached hydrogens (tertiary/aromatic N) is 1. The van der Waals surface area contributed by atoms with E-state index in [1.807, 2.05) is 19.2 Å². The maximum absolute atomic E-state index is 13.1. The molecule has 0 atom stereocenters. The number of ether oxygens (including phenoxy) is 1. The van der Waals surface area contributed by atoms with Crippen molar-refractivity contribution < 1.29 is 9.53 Å². The normalized spacial score (nSPS) is 15.4. The molecule has 4 rings (SSSR count). The van der Waals surface area contributed by atoms with Crippen LogP contribution in [0.5, 0.6) is 5.75 Å². The average molecular weight is 333 g/mol. The van der Waals surface area contributed by atoms with Crippen LogP contribution in [0.15, 0.2) is 42.0 Å². The summed E-state index contributed by atoms with van der Waals surface area (Å²) in [6.07, 6.45) is 1.66. The number of fused-ring (bicyclic) bond motifs is 3. The lowest BCUT2D eigenvalue weighted by Crippen LogP contribution is -2.22. The monoisotopic (exact) mass is 333 g/mol. The molecule has 0 amide bonds. The Morgan fingerprint density at radius 3 is 2.64 bits per heavy atom. The first-order valence-electron chi connectivity index (χ1n) is 8.81. The Kier molecular flexibility index (Phi) is 3.68. The highest BCUT2D eigenvalue weighted by molar-refractivity contribution is 6.23. The number of methoxy groups -OCH3 is 1. The molecule has 3 heteroatoms. The third-order valence-electron chi connectivity index (χ3n) is 5.14. The van der Waals surface area contributed by atoms with E-state index in [2.05, 4.69) is 43.0 Å². The summed E-state index contributed by atoms with van der Waals surface area (Å²) in [6.45, 7) is 4.41. The maximum atomic E-state index is 13.1. The van der Waals surface area contributed by atoms with Gasteiger partial charge in [-0.15, -0.1) is 0 Å². The maximum Gasteiger partial charge on any atom is 0.192 e. The van der Waals surface area contributed by atoms with E-state index in [1.54, 1.807) is 7.11 Å². The van der Waals surface area contributed by atoms with Gasteiger partial charge in [-0.25, -0.2) is 0 Å². The fraction of sp³-hybridized carbons (Fsp3) is 0.318. The van der Waals surface area contributed by atoms with Crippen molar-refractivity contribution in [1.29, 1.82) is 0 Å². The summed E-state index contributed by atoms with van der Waals surface area (Å²) in [5, 5.41) is 0. The Balaban J connectivity index is 1.78. The molecule has 1 aliphatic heterocycles. The summed E-state index contributed by atoms with van der Waals surface area (Å²) in [5.41, 5.74) is 7.42. The van der Waals surface area contributed by atoms with Crippen LogP contribution in [0.4, 0.5) is 5.69 Å². The summed E-state index contributed by atoms with van der Waals surface area (Å²) in [5.74, 6) is 1.59. The van der Waals surface area contributed by atoms with Gasteiger partial charge in [-0.1, -0.05) is 26.0 Å². The predicted octanol–water partition coefficient (Wildman–Crippen LogP) is 4.49. The van der Waals surface area contributed by atoms with Crippen LogP contribution in [0, 0.1) is 5.92 Å². The van der Waals surface area contributed by atoms with Gasteiger partial charge in [0.15, 0.2) is 5.78 Å². The van der Waals surface area contributed by atoms with Gasteiger partial charge in [-0.2, -0.15) is 0 Å². The second-order valence-corrected chi connectivity index (χ2v) is 7.36. The Bertz CT molecular complexity index is 908. The van der Waals surface area contributed by atoms with Gasteiger partial charge >= 0.3 is 0 Å². The third-order valence-corrected chi connectivity index (χ3v) is 5.14. The van der Waals surface area contributed by atoms with Crippen LogP contribution in [0.25, 0.3) is 5.70 Å². The molecule has 2 aromatic rings. The molecule has 3 nitrogen and oxygen atoms in total. The molecule has 0 fully saturated rings. The number of hydrogen-bond acceptors (Lipinski definition) is 3. The summed E-state index contributed by atoms with van der Waals surface area (Å²) < 4.78 is 5.35. The lowest BCUT2D eigenvalue weighted by molar-refractivity contribution is 0.103. The van der Waals surface area contributed by atoms with Crippen molar-refractivity contribution in [2.24, 2.45) is 5.92 Å². The Hall–Kier alpha value is -2.55. The SMILES string of the molecule is COc1ccc2c(c1)CC1=C(c3ccc(CC(C)C)cc3C1=O)N2C. The van der Waals surface area contributed by atoms with Crippen LogP contribution in [-0.4, -0.2) is 19.9 Å². The van der Waals surface area contributed by atoms with E-state index in [1.165, 1.54) is 5.56 Å². The van der Waals surface area contributed by atoms with Crippen LogP contribution in [0.3, 0.4) is 0 Å². The minimum Gasteiger partial charge on any atom is -0.497 e. The molecule has 0 bridgehead atoms. The fourth-order valence-corrected chi connectivity index (χ4v) is 4.03. The van der Waals surface area contributed by atoms with E-state index in [4.69, 9.17) is 4.74 Å². The van der Waals surface area contributed by atoms with Gasteiger partial charge in [0.25, 0.3) is 0 Å². The molecule has 0 aromatic heterocycles. The Morgan fingerprint density at radius 1 is 1.12 bits per heavy atom. The molecule has 2 aromatic carbocycles. The second kappa shape index (κ2) is 5.76. The Labute approximate surface area is 148 Å². The van der Waals surface area contributed by atoms with Crippen molar-refractivity contribution in [3.05, 3.63) is 64.2 Å². The van der Waals surface area contributed by atoms with E-state index < -0.39 is 0 Å². The number of benzene rings is 2. The van der Waals surface area contributed by atoms with Crippen LogP contribution < -0.4 is 9.64 Å². The number of carbonyl (C=O) groups is 1. The standard InChI is InChI=1S/C22H23NO2/c1-13(2)9-14-5-7-17-18(10-14)22(24)19-12-15-11-16(25-4)6-8-20(15)23(3)21(17)19/h5-8,10-11,13H,9,12H2,1-4H3. The van der Waals surface area contributed by atoms with Gasteiger partial charge in [0.1, 0.15) is 5.75 Å². The van der Waals surface area contributed by atoms with Crippen molar-refractivity contribution in [2.75, 3.05) is 19.1 Å². The quantitative estimate of drug-likeness (QED) is 0.828. The van der Waals surface area contributed by atoms with Crippen molar-refractivity contribution >= 4 is 17.2 Å². The number of ketones is 1. The van der Waals surface area contributed by atoms with Gasteiger partial charge in [-0.3, -0.25) is 4.79 Å². The molecular formula is C22H23NO2. The molecule has 0 spiro atoms. The smallest absolute Gasteiger partial charge is 0.192 e. The van der Waals surface area contributed by atoms with Crippen molar-refractivity contribution in [3.8, 4) is 5.75 Å². The van der Waals surface area contributed by atoms with Crippen molar-refractivity contribution in [2.45, 2.75) is 26.7 Å². The first kappa shape index (κ1) is 15.9. The molecule has 0 N–H and O–H groups in total. The molecule has 1 heterocycles. The summed E-state index contributed by atoms with van der Waals surface area (Å²) in [4.78, 5) is 15.2. The second-order valence-electron chi connectivity index (χ2n) is 7.36. The largest absolute Gasteiger partial charge is 0.497 e. The lowest BCUT2D eigenvalue weighted by Gasteiger charge is -2.30. The minimum absolute atomic E-state index is 0.177. The van der Waals surface area contributed by atoms with E-state index in [0.29, 0.717) is 12.3 Å². The summed E-state index contributed by atoms with van der Waals surface area (Å²) in [6, 6.07) is 12.5. The van der Waals surface area contributed by atoms with Crippen LogP contribution in [0.2, 0.25) is 0 Å². The zero-order valence-electron chi connectivity index (χ0n) is 15.2. The molecule has 1 aliphatic carbocycles. The highest BCUT2D eigenvalue weighted by Gasteiger charge is 2.36. The molecule has 2 aliphatic rings. The zero-order valence-corrected chi connectivity index (χ0v) is 15.2. The number of carbonyl (C=O) groups excluding carboxylic acids is 1. The summed E-state index contributed by atoms with van der Waals surface area (Å²) in [7, 11) is 3.72. The van der Waals surface area contributed by atoms with Gasteiger partial charge in [0.2, 0.25) is 0 Å². The van der Waals surface area contributed by atoms with Crippen LogP contribution >= 0.6 is 0 Å². The molecule has 25 heavy (non-hydrogen) atoms. The number of anilines is 1. The van der Waals surface area contributed by atoms with Gasteiger partial charge in [0.05, 0.1) is 12.8 Å². The van der Waals surface area contributed by atoms with Crippen LogP contribution in [-0.2, 0) is 12.8 Å². The van der Waals surface area contributed by atoms with Gasteiger partial charge < -0.3 is 9.64 Å². The summed E-state index contributed by atoms with van der Waals surface area (Å²) >= 11 is 0. The highest BCUT2D eigenvalue weighted by Crippen LogP contribution is 2.44. The lowest BCUT2D eigenvalue weighted by atomic mass is 9.95. The third kappa shape index (κ3) is 2.46. The minimum atomic E-state index is 0.177. The first-order chi connectivity index (χ1) is 12.0. The zero-order chi connectivity index (χ0) is 17.7. The molecule has 0 saturated heterocycles. The number of Topliss-reactive ketones (excluding diaryl/α,β-unsaturated/α-hetero) is 1. The average Bonchev–Trinajstić information content (AvgIpc) is 2.86. The number of rotatable bonds is 3. The number of hydrogen-bond donors (Lipinski definition) is 0. The molecule has 0 saturated carbocycles. The first-order valence-corrected chi connectivity index (χ1v) is 8.81. The predicted molar refractivity (Wildman–Crippen MR) is 101 cm³/mol. The van der Waals surface area contributed by atoms with Crippen molar-refractivity contribution in [3.63, 3.8) is 0 Å². The van der Waals surface area contributed by atoms with Gasteiger partial charge in [0, 0.05) is 35.9 Å². The van der Waals surface area contributed by atoms with E-state index in [0.717, 1.165) is 45.8 Å². The topological polar surface area (TPSA) is 29.5 Å². The van der Waals surface area contributed by atoms with Gasteiger partial charge in [-0.05, 0) is 47.7 Å².